The summed E-state index contributed by atoms with van der Waals surface area (Å²) >= 11 is 1.47. The first-order chi connectivity index (χ1) is 10.6. The van der Waals surface area contributed by atoms with Crippen LogP contribution in [0.5, 0.6) is 0 Å². The van der Waals surface area contributed by atoms with Crippen molar-refractivity contribution in [1.82, 2.24) is 0 Å². The lowest BCUT2D eigenvalue weighted by Gasteiger charge is -2.11. The summed E-state index contributed by atoms with van der Waals surface area (Å²) in [6.45, 7) is 1.73. The zero-order chi connectivity index (χ0) is 15.7. The molecule has 0 spiro atoms. The fourth-order valence-electron chi connectivity index (χ4n) is 2.76. The first kappa shape index (κ1) is 14.8. The topological polar surface area (TPSA) is 68.5 Å². The van der Waals surface area contributed by atoms with Gasteiger partial charge in [-0.15, -0.1) is 11.3 Å². The molecule has 1 N–H and O–H groups in total. The molecule has 0 bridgehead atoms. The van der Waals surface area contributed by atoms with Crippen LogP contribution < -0.4 is 5.32 Å². The Morgan fingerprint density at radius 3 is 2.77 bits per heavy atom. The molecule has 2 aromatic heterocycles. The Morgan fingerprint density at radius 1 is 1.32 bits per heavy atom. The Labute approximate surface area is 132 Å². The molecule has 0 aromatic carbocycles. The highest BCUT2D eigenvalue weighted by molar-refractivity contribution is 7.17. The largest absolute Gasteiger partial charge is 0.469 e. The van der Waals surface area contributed by atoms with E-state index in [4.69, 9.17) is 9.15 Å². The van der Waals surface area contributed by atoms with Gasteiger partial charge < -0.3 is 14.5 Å². The minimum atomic E-state index is -0.390. The van der Waals surface area contributed by atoms with Gasteiger partial charge in [0.2, 0.25) is 0 Å². The molecule has 3 rings (SSSR count). The number of carbonyl (C=O) groups is 2. The molecule has 5 nitrogen and oxygen atoms in total. The number of aryl methyl sites for hydroxylation is 2. The molecule has 116 valence electrons. The van der Waals surface area contributed by atoms with Gasteiger partial charge in [-0.05, 0) is 44.2 Å². The molecule has 2 aromatic rings. The van der Waals surface area contributed by atoms with Crippen LogP contribution in [0.2, 0.25) is 0 Å². The first-order valence-electron chi connectivity index (χ1n) is 7.20. The van der Waals surface area contributed by atoms with Gasteiger partial charge in [-0.1, -0.05) is 0 Å². The number of nitrogens with one attached hydrogen (secondary N) is 1. The number of ether oxygens (including phenoxy) is 1. The van der Waals surface area contributed by atoms with Crippen molar-refractivity contribution < 1.29 is 18.7 Å². The zero-order valence-corrected chi connectivity index (χ0v) is 13.3. The van der Waals surface area contributed by atoms with Crippen LogP contribution in [0, 0.1) is 6.92 Å². The molecule has 22 heavy (non-hydrogen) atoms. The summed E-state index contributed by atoms with van der Waals surface area (Å²) in [6.07, 6.45) is 5.46. The molecule has 1 amide bonds. The number of anilines is 1. The summed E-state index contributed by atoms with van der Waals surface area (Å²) < 4.78 is 10.0. The number of carbonyl (C=O) groups excluding carboxylic acids is 2. The monoisotopic (exact) mass is 319 g/mol. The van der Waals surface area contributed by atoms with E-state index in [0.717, 1.165) is 31.2 Å². The van der Waals surface area contributed by atoms with Gasteiger partial charge in [0, 0.05) is 4.88 Å². The van der Waals surface area contributed by atoms with Crippen molar-refractivity contribution in [2.75, 3.05) is 12.4 Å². The number of amides is 1. The van der Waals surface area contributed by atoms with E-state index in [1.54, 1.807) is 13.0 Å². The van der Waals surface area contributed by atoms with Crippen molar-refractivity contribution in [3.8, 4) is 0 Å². The quantitative estimate of drug-likeness (QED) is 0.878. The van der Waals surface area contributed by atoms with Crippen molar-refractivity contribution in [3.05, 3.63) is 39.7 Å². The van der Waals surface area contributed by atoms with E-state index in [9.17, 15) is 9.59 Å². The molecule has 1 aliphatic rings. The summed E-state index contributed by atoms with van der Waals surface area (Å²) in [5.74, 6) is -0.105. The van der Waals surface area contributed by atoms with Crippen molar-refractivity contribution in [2.45, 2.75) is 32.6 Å². The minimum absolute atomic E-state index is 0.269. The molecule has 0 atom stereocenters. The van der Waals surface area contributed by atoms with E-state index in [1.807, 2.05) is 0 Å². The lowest BCUT2D eigenvalue weighted by atomic mass is 9.95. The van der Waals surface area contributed by atoms with Crippen LogP contribution in [0.4, 0.5) is 5.00 Å². The van der Waals surface area contributed by atoms with Crippen LogP contribution in [0.15, 0.2) is 16.7 Å². The number of thiophene rings is 1. The van der Waals surface area contributed by atoms with Crippen molar-refractivity contribution in [3.63, 3.8) is 0 Å². The first-order valence-corrected chi connectivity index (χ1v) is 8.01. The zero-order valence-electron chi connectivity index (χ0n) is 12.5. The highest BCUT2D eigenvalue weighted by Crippen LogP contribution is 2.38. The molecule has 2 heterocycles. The highest BCUT2D eigenvalue weighted by Gasteiger charge is 2.27. The number of hydrogen-bond donors (Lipinski definition) is 1. The second-order valence-corrected chi connectivity index (χ2v) is 6.36. The lowest BCUT2D eigenvalue weighted by Crippen LogP contribution is -2.15. The van der Waals surface area contributed by atoms with Crippen LogP contribution in [-0.2, 0) is 17.6 Å². The standard InChI is InChI=1S/C16H17NO4S/c1-9-10(7-8-21-9)14(18)17-15-13(16(19)20-2)11-5-3-4-6-12(11)22-15/h7-8H,3-6H2,1-2H3,(H,17,18). The van der Waals surface area contributed by atoms with Crippen LogP contribution in [0.25, 0.3) is 0 Å². The summed E-state index contributed by atoms with van der Waals surface area (Å²) in [6, 6.07) is 1.62. The predicted molar refractivity (Wildman–Crippen MR) is 83.7 cm³/mol. The second kappa shape index (κ2) is 5.96. The Bertz CT molecular complexity index is 729. The number of fused-ring (bicyclic) bond motifs is 1. The van der Waals surface area contributed by atoms with E-state index in [-0.39, 0.29) is 5.91 Å². The third kappa shape index (κ3) is 2.54. The second-order valence-electron chi connectivity index (χ2n) is 5.25. The molecule has 0 aliphatic heterocycles. The van der Waals surface area contributed by atoms with Gasteiger partial charge in [0.1, 0.15) is 10.8 Å². The van der Waals surface area contributed by atoms with Crippen LogP contribution >= 0.6 is 11.3 Å². The average Bonchev–Trinajstić information content (AvgIpc) is 3.09. The van der Waals surface area contributed by atoms with Gasteiger partial charge in [0.15, 0.2) is 0 Å². The van der Waals surface area contributed by atoms with Crippen molar-refractivity contribution in [2.24, 2.45) is 0 Å². The van der Waals surface area contributed by atoms with E-state index in [0.29, 0.717) is 21.9 Å². The van der Waals surface area contributed by atoms with Gasteiger partial charge in [-0.2, -0.15) is 0 Å². The predicted octanol–water partition coefficient (Wildman–Crippen LogP) is 3.57. The van der Waals surface area contributed by atoms with Crippen LogP contribution in [0.1, 0.15) is 49.8 Å². The summed E-state index contributed by atoms with van der Waals surface area (Å²) in [5.41, 5.74) is 2.02. The van der Waals surface area contributed by atoms with Gasteiger partial charge >= 0.3 is 5.97 Å². The highest BCUT2D eigenvalue weighted by atomic mass is 32.1. The summed E-state index contributed by atoms with van der Waals surface area (Å²) in [5, 5.41) is 3.42. The Kier molecular flexibility index (Phi) is 4.02. The normalized spacial score (nSPS) is 13.5. The van der Waals surface area contributed by atoms with Crippen molar-refractivity contribution >= 4 is 28.2 Å². The van der Waals surface area contributed by atoms with E-state index < -0.39 is 5.97 Å². The Balaban J connectivity index is 1.96. The van der Waals surface area contributed by atoms with Crippen LogP contribution in [0.3, 0.4) is 0 Å². The van der Waals surface area contributed by atoms with E-state index in [2.05, 4.69) is 5.32 Å². The van der Waals surface area contributed by atoms with E-state index >= 15 is 0 Å². The van der Waals surface area contributed by atoms with Gasteiger partial charge in [-0.25, -0.2) is 4.79 Å². The molecular formula is C16H17NO4S. The van der Waals surface area contributed by atoms with Gasteiger partial charge in [0.25, 0.3) is 5.91 Å². The number of hydrogen-bond acceptors (Lipinski definition) is 5. The fraction of sp³-hybridized carbons (Fsp3) is 0.375. The van der Waals surface area contributed by atoms with E-state index in [1.165, 1.54) is 29.6 Å². The number of rotatable bonds is 3. The minimum Gasteiger partial charge on any atom is -0.469 e. The third-order valence-corrected chi connectivity index (χ3v) is 5.10. The number of furan rings is 1. The summed E-state index contributed by atoms with van der Waals surface area (Å²) in [4.78, 5) is 25.6. The Morgan fingerprint density at radius 2 is 2.09 bits per heavy atom. The molecule has 0 saturated heterocycles. The Hall–Kier alpha value is -2.08. The maximum atomic E-state index is 12.4. The maximum absolute atomic E-state index is 12.4. The molecule has 0 unspecified atom stereocenters. The molecule has 6 heteroatoms. The fourth-order valence-corrected chi connectivity index (χ4v) is 4.04. The lowest BCUT2D eigenvalue weighted by molar-refractivity contribution is 0.0601. The molecule has 0 saturated carbocycles. The molecule has 0 radical (unpaired) electrons. The molecule has 1 aliphatic carbocycles. The van der Waals surface area contributed by atoms with Gasteiger partial charge in [-0.3, -0.25) is 4.79 Å². The molecule has 0 fully saturated rings. The third-order valence-electron chi connectivity index (χ3n) is 3.89. The van der Waals surface area contributed by atoms with Crippen LogP contribution in [-0.4, -0.2) is 19.0 Å². The maximum Gasteiger partial charge on any atom is 0.341 e. The number of methoxy groups -OCH3 is 1. The number of esters is 1. The SMILES string of the molecule is COC(=O)c1c(NC(=O)c2ccoc2C)sc2c1CCCC2. The molecular weight excluding hydrogens is 302 g/mol. The van der Waals surface area contributed by atoms with Crippen molar-refractivity contribution in [1.29, 1.82) is 0 Å². The average molecular weight is 319 g/mol. The summed E-state index contributed by atoms with van der Waals surface area (Å²) in [7, 11) is 1.36. The smallest absolute Gasteiger partial charge is 0.341 e. The van der Waals surface area contributed by atoms with Gasteiger partial charge in [0.05, 0.1) is 24.5 Å².